The number of benzene rings is 1. The van der Waals surface area contributed by atoms with Crippen molar-refractivity contribution in [2.75, 3.05) is 26.3 Å². The van der Waals surface area contributed by atoms with Crippen LogP contribution in [0.4, 0.5) is 0 Å². The average Bonchev–Trinajstić information content (AvgIpc) is 3.01. The first-order chi connectivity index (χ1) is 10.4. The molecule has 2 unspecified atom stereocenters. The number of hydrogen-bond donors (Lipinski definition) is 1. The normalized spacial score (nSPS) is 25.8. The lowest BCUT2D eigenvalue weighted by Gasteiger charge is -2.37. The Labute approximate surface area is 127 Å². The molecule has 0 amide bonds. The fourth-order valence-electron chi connectivity index (χ4n) is 3.50. The van der Waals surface area contributed by atoms with E-state index in [1.165, 1.54) is 19.3 Å². The number of nitrogens with zero attached hydrogens (tertiary/aromatic N) is 1. The summed E-state index contributed by atoms with van der Waals surface area (Å²) in [5.74, 6) is 0.929. The van der Waals surface area contributed by atoms with Crippen molar-refractivity contribution in [1.82, 2.24) is 4.90 Å². The van der Waals surface area contributed by atoms with Gasteiger partial charge in [0.05, 0.1) is 19.3 Å². The summed E-state index contributed by atoms with van der Waals surface area (Å²) in [4.78, 5) is 2.60. The SMILES string of the molecule is NCc1cccc(OCCCN2CCOC3CCCC32)c1. The highest BCUT2D eigenvalue weighted by molar-refractivity contribution is 5.28. The van der Waals surface area contributed by atoms with Crippen LogP contribution in [0.25, 0.3) is 0 Å². The Bertz CT molecular complexity index is 452. The highest BCUT2D eigenvalue weighted by Crippen LogP contribution is 2.29. The van der Waals surface area contributed by atoms with E-state index in [2.05, 4.69) is 4.90 Å². The Kier molecular flexibility index (Phi) is 5.12. The van der Waals surface area contributed by atoms with Gasteiger partial charge in [-0.2, -0.15) is 0 Å². The third-order valence-corrected chi connectivity index (χ3v) is 4.59. The third kappa shape index (κ3) is 3.76. The molecule has 0 aromatic heterocycles. The van der Waals surface area contributed by atoms with Crippen LogP contribution in [0.5, 0.6) is 5.75 Å². The van der Waals surface area contributed by atoms with Gasteiger partial charge in [-0.1, -0.05) is 12.1 Å². The van der Waals surface area contributed by atoms with Gasteiger partial charge in [-0.15, -0.1) is 0 Å². The van der Waals surface area contributed by atoms with Crippen LogP contribution in [-0.4, -0.2) is 43.3 Å². The van der Waals surface area contributed by atoms with Crippen LogP contribution < -0.4 is 10.5 Å². The lowest BCUT2D eigenvalue weighted by molar-refractivity contribution is -0.0564. The minimum atomic E-state index is 0.487. The Morgan fingerprint density at radius 3 is 3.19 bits per heavy atom. The monoisotopic (exact) mass is 290 g/mol. The van der Waals surface area contributed by atoms with Crippen molar-refractivity contribution in [3.63, 3.8) is 0 Å². The van der Waals surface area contributed by atoms with Crippen molar-refractivity contribution in [3.8, 4) is 5.75 Å². The van der Waals surface area contributed by atoms with Crippen LogP contribution in [0.3, 0.4) is 0 Å². The maximum absolute atomic E-state index is 5.85. The van der Waals surface area contributed by atoms with Crippen LogP contribution in [0, 0.1) is 0 Å². The summed E-state index contributed by atoms with van der Waals surface area (Å²) in [5, 5.41) is 0. The van der Waals surface area contributed by atoms with Gasteiger partial charge >= 0.3 is 0 Å². The van der Waals surface area contributed by atoms with Crippen LogP contribution >= 0.6 is 0 Å². The van der Waals surface area contributed by atoms with E-state index in [0.717, 1.165) is 44.0 Å². The zero-order valence-electron chi connectivity index (χ0n) is 12.7. The molecule has 1 heterocycles. The van der Waals surface area contributed by atoms with Gasteiger partial charge < -0.3 is 15.2 Å². The molecule has 3 rings (SSSR count). The third-order valence-electron chi connectivity index (χ3n) is 4.59. The van der Waals surface area contributed by atoms with E-state index in [4.69, 9.17) is 15.2 Å². The minimum Gasteiger partial charge on any atom is -0.494 e. The molecule has 1 aliphatic carbocycles. The summed E-state index contributed by atoms with van der Waals surface area (Å²) >= 11 is 0. The molecule has 0 spiro atoms. The van der Waals surface area contributed by atoms with E-state index in [-0.39, 0.29) is 0 Å². The maximum Gasteiger partial charge on any atom is 0.119 e. The Morgan fingerprint density at radius 2 is 2.29 bits per heavy atom. The predicted molar refractivity (Wildman–Crippen MR) is 83.4 cm³/mol. The fraction of sp³-hybridized carbons (Fsp3) is 0.647. The number of ether oxygens (including phenoxy) is 2. The van der Waals surface area contributed by atoms with Crippen molar-refractivity contribution < 1.29 is 9.47 Å². The van der Waals surface area contributed by atoms with Crippen molar-refractivity contribution in [2.24, 2.45) is 5.73 Å². The molecule has 1 aromatic rings. The van der Waals surface area contributed by atoms with Gasteiger partial charge in [0, 0.05) is 25.7 Å². The summed E-state index contributed by atoms with van der Waals surface area (Å²) in [5.41, 5.74) is 6.77. The van der Waals surface area contributed by atoms with Crippen molar-refractivity contribution >= 4 is 0 Å². The molecule has 4 heteroatoms. The summed E-state index contributed by atoms with van der Waals surface area (Å²) in [7, 11) is 0. The molecule has 2 atom stereocenters. The van der Waals surface area contributed by atoms with Gasteiger partial charge in [0.15, 0.2) is 0 Å². The zero-order valence-corrected chi connectivity index (χ0v) is 12.7. The second kappa shape index (κ2) is 7.25. The average molecular weight is 290 g/mol. The first kappa shape index (κ1) is 14.8. The second-order valence-corrected chi connectivity index (χ2v) is 6.00. The van der Waals surface area contributed by atoms with E-state index in [1.54, 1.807) is 0 Å². The molecular formula is C17H26N2O2. The highest BCUT2D eigenvalue weighted by Gasteiger charge is 2.35. The van der Waals surface area contributed by atoms with Crippen LogP contribution in [0.15, 0.2) is 24.3 Å². The van der Waals surface area contributed by atoms with E-state index in [9.17, 15) is 0 Å². The topological polar surface area (TPSA) is 47.7 Å². The molecule has 2 fully saturated rings. The number of rotatable bonds is 6. The standard InChI is InChI=1S/C17H26N2O2/c18-13-14-4-1-5-15(12-14)20-10-3-8-19-9-11-21-17-7-2-6-16(17)19/h1,4-5,12,16-17H,2-3,6-11,13,18H2. The molecule has 21 heavy (non-hydrogen) atoms. The molecule has 1 saturated heterocycles. The molecule has 2 N–H and O–H groups in total. The van der Waals surface area contributed by atoms with E-state index in [0.29, 0.717) is 18.7 Å². The summed E-state index contributed by atoms with van der Waals surface area (Å²) in [6, 6.07) is 8.71. The van der Waals surface area contributed by atoms with Gasteiger partial charge in [-0.25, -0.2) is 0 Å². The largest absolute Gasteiger partial charge is 0.494 e. The van der Waals surface area contributed by atoms with Crippen molar-refractivity contribution in [1.29, 1.82) is 0 Å². The molecule has 4 nitrogen and oxygen atoms in total. The molecule has 116 valence electrons. The Balaban J connectivity index is 1.41. The van der Waals surface area contributed by atoms with E-state index in [1.807, 2.05) is 24.3 Å². The Morgan fingerprint density at radius 1 is 1.33 bits per heavy atom. The van der Waals surface area contributed by atoms with E-state index >= 15 is 0 Å². The van der Waals surface area contributed by atoms with Gasteiger partial charge in [-0.3, -0.25) is 4.90 Å². The first-order valence-electron chi connectivity index (χ1n) is 8.14. The van der Waals surface area contributed by atoms with Gasteiger partial charge in [0.25, 0.3) is 0 Å². The van der Waals surface area contributed by atoms with E-state index < -0.39 is 0 Å². The molecule has 0 radical (unpaired) electrons. The van der Waals surface area contributed by atoms with Gasteiger partial charge in [0.1, 0.15) is 5.75 Å². The van der Waals surface area contributed by atoms with Gasteiger partial charge in [0.2, 0.25) is 0 Å². The second-order valence-electron chi connectivity index (χ2n) is 6.00. The number of morpholine rings is 1. The minimum absolute atomic E-state index is 0.487. The van der Waals surface area contributed by atoms with Crippen molar-refractivity contribution in [3.05, 3.63) is 29.8 Å². The quantitative estimate of drug-likeness (QED) is 0.816. The zero-order chi connectivity index (χ0) is 14.5. The van der Waals surface area contributed by atoms with Crippen LogP contribution in [0.1, 0.15) is 31.2 Å². The molecule has 0 bridgehead atoms. The van der Waals surface area contributed by atoms with Crippen LogP contribution in [-0.2, 0) is 11.3 Å². The molecular weight excluding hydrogens is 264 g/mol. The lowest BCUT2D eigenvalue weighted by Crippen LogP contribution is -2.48. The smallest absolute Gasteiger partial charge is 0.119 e. The van der Waals surface area contributed by atoms with Crippen molar-refractivity contribution in [2.45, 2.75) is 44.4 Å². The molecule has 1 aromatic carbocycles. The maximum atomic E-state index is 5.85. The molecule has 1 saturated carbocycles. The summed E-state index contributed by atoms with van der Waals surface area (Å²) in [6.07, 6.45) is 5.40. The lowest BCUT2D eigenvalue weighted by atomic mass is 10.1. The Hall–Kier alpha value is -1.10. The summed E-state index contributed by atoms with van der Waals surface area (Å²) < 4.78 is 11.7. The van der Waals surface area contributed by atoms with Crippen LogP contribution in [0.2, 0.25) is 0 Å². The first-order valence-corrected chi connectivity index (χ1v) is 8.14. The number of fused-ring (bicyclic) bond motifs is 1. The molecule has 2 aliphatic rings. The number of nitrogens with two attached hydrogens (primary N) is 1. The fourth-order valence-corrected chi connectivity index (χ4v) is 3.50. The predicted octanol–water partition coefficient (Wildman–Crippen LogP) is 2.17. The molecule has 1 aliphatic heterocycles. The van der Waals surface area contributed by atoms with Gasteiger partial charge in [-0.05, 0) is 43.4 Å². The number of hydrogen-bond acceptors (Lipinski definition) is 4. The summed E-state index contributed by atoms with van der Waals surface area (Å²) in [6.45, 7) is 4.41. The highest BCUT2D eigenvalue weighted by atomic mass is 16.5.